The van der Waals surface area contributed by atoms with Crippen LogP contribution >= 0.6 is 0 Å². The van der Waals surface area contributed by atoms with Crippen LogP contribution in [0.3, 0.4) is 0 Å². The lowest BCUT2D eigenvalue weighted by molar-refractivity contribution is -0.118. The number of carbonyl (C=O) groups is 2. The van der Waals surface area contributed by atoms with Crippen molar-refractivity contribution in [2.24, 2.45) is 0 Å². The standard InChI is InChI=1S/C18H17FN2O3/c1-2-11-20-18(23)15-5-3-4-6-16(15)21-17(22)12-24-14-9-7-13(19)8-10-14/h2-10H,1,11-12H2,(H,20,23)(H,21,22). The van der Waals surface area contributed by atoms with Gasteiger partial charge >= 0.3 is 0 Å². The third-order valence-corrected chi connectivity index (χ3v) is 3.04. The Morgan fingerprint density at radius 2 is 1.83 bits per heavy atom. The fourth-order valence-electron chi connectivity index (χ4n) is 1.92. The number of carbonyl (C=O) groups excluding carboxylic acids is 2. The molecule has 0 saturated heterocycles. The average molecular weight is 328 g/mol. The highest BCUT2D eigenvalue weighted by atomic mass is 19.1. The van der Waals surface area contributed by atoms with Crippen molar-refractivity contribution in [1.82, 2.24) is 5.32 Å². The van der Waals surface area contributed by atoms with Crippen molar-refractivity contribution in [2.75, 3.05) is 18.5 Å². The molecule has 0 bridgehead atoms. The molecule has 0 aliphatic carbocycles. The van der Waals surface area contributed by atoms with Gasteiger partial charge in [0.05, 0.1) is 11.3 Å². The molecular weight excluding hydrogens is 311 g/mol. The van der Waals surface area contributed by atoms with Crippen molar-refractivity contribution >= 4 is 17.5 Å². The normalized spacial score (nSPS) is 9.88. The molecule has 2 aromatic carbocycles. The summed E-state index contributed by atoms with van der Waals surface area (Å²) in [5.41, 5.74) is 0.723. The molecule has 0 aromatic heterocycles. The van der Waals surface area contributed by atoms with Gasteiger partial charge < -0.3 is 15.4 Å². The lowest BCUT2D eigenvalue weighted by Crippen LogP contribution is -2.26. The van der Waals surface area contributed by atoms with Gasteiger partial charge in [-0.1, -0.05) is 18.2 Å². The maximum absolute atomic E-state index is 12.8. The summed E-state index contributed by atoms with van der Waals surface area (Å²) in [6.07, 6.45) is 1.57. The van der Waals surface area contributed by atoms with E-state index in [2.05, 4.69) is 17.2 Å². The van der Waals surface area contributed by atoms with Crippen LogP contribution in [0.25, 0.3) is 0 Å². The minimum absolute atomic E-state index is 0.256. The Morgan fingerprint density at radius 3 is 2.54 bits per heavy atom. The topological polar surface area (TPSA) is 67.4 Å². The highest BCUT2D eigenvalue weighted by molar-refractivity contribution is 6.04. The summed E-state index contributed by atoms with van der Waals surface area (Å²) < 4.78 is 18.1. The van der Waals surface area contributed by atoms with Crippen LogP contribution in [-0.4, -0.2) is 25.0 Å². The molecular formula is C18H17FN2O3. The van der Waals surface area contributed by atoms with E-state index >= 15 is 0 Å². The monoisotopic (exact) mass is 328 g/mol. The van der Waals surface area contributed by atoms with E-state index in [0.29, 0.717) is 23.5 Å². The largest absolute Gasteiger partial charge is 0.484 e. The summed E-state index contributed by atoms with van der Waals surface area (Å²) in [6, 6.07) is 12.0. The highest BCUT2D eigenvalue weighted by Gasteiger charge is 2.12. The van der Waals surface area contributed by atoms with Crippen molar-refractivity contribution in [2.45, 2.75) is 0 Å². The van der Waals surface area contributed by atoms with Gasteiger partial charge in [-0.2, -0.15) is 0 Å². The minimum Gasteiger partial charge on any atom is -0.484 e. The molecule has 0 fully saturated rings. The second kappa shape index (κ2) is 8.47. The molecule has 2 N–H and O–H groups in total. The Balaban J connectivity index is 1.97. The Labute approximate surface area is 139 Å². The van der Waals surface area contributed by atoms with Crippen LogP contribution in [0.15, 0.2) is 61.2 Å². The Bertz CT molecular complexity index is 729. The number of para-hydroxylation sites is 1. The number of amides is 2. The van der Waals surface area contributed by atoms with Crippen molar-refractivity contribution < 1.29 is 18.7 Å². The van der Waals surface area contributed by atoms with Crippen LogP contribution in [0.4, 0.5) is 10.1 Å². The molecule has 0 spiro atoms. The lowest BCUT2D eigenvalue weighted by Gasteiger charge is -2.11. The maximum atomic E-state index is 12.8. The maximum Gasteiger partial charge on any atom is 0.262 e. The minimum atomic E-state index is -0.428. The SMILES string of the molecule is C=CCNC(=O)c1ccccc1NC(=O)COc1ccc(F)cc1. The number of halogens is 1. The summed E-state index contributed by atoms with van der Waals surface area (Å²) in [6.45, 7) is 3.60. The highest BCUT2D eigenvalue weighted by Crippen LogP contribution is 2.15. The van der Waals surface area contributed by atoms with Crippen molar-refractivity contribution in [3.63, 3.8) is 0 Å². The first kappa shape index (κ1) is 17.2. The third kappa shape index (κ3) is 4.95. The number of anilines is 1. The second-order valence-electron chi connectivity index (χ2n) is 4.84. The predicted molar refractivity (Wildman–Crippen MR) is 89.5 cm³/mol. The molecule has 124 valence electrons. The Morgan fingerprint density at radius 1 is 1.12 bits per heavy atom. The first-order valence-electron chi connectivity index (χ1n) is 7.26. The first-order valence-corrected chi connectivity index (χ1v) is 7.26. The third-order valence-electron chi connectivity index (χ3n) is 3.04. The van der Waals surface area contributed by atoms with Crippen molar-refractivity contribution in [3.8, 4) is 5.75 Å². The van der Waals surface area contributed by atoms with Gasteiger partial charge in [-0.05, 0) is 36.4 Å². The van der Waals surface area contributed by atoms with Gasteiger partial charge in [-0.3, -0.25) is 9.59 Å². The van der Waals surface area contributed by atoms with Crippen molar-refractivity contribution in [1.29, 1.82) is 0 Å². The van der Waals surface area contributed by atoms with E-state index in [1.54, 1.807) is 30.3 Å². The van der Waals surface area contributed by atoms with Gasteiger partial charge in [-0.25, -0.2) is 4.39 Å². The molecule has 0 heterocycles. The quantitative estimate of drug-likeness (QED) is 0.768. The first-order chi connectivity index (χ1) is 11.6. The molecule has 2 aromatic rings. The molecule has 5 nitrogen and oxygen atoms in total. The average Bonchev–Trinajstić information content (AvgIpc) is 2.59. The zero-order valence-corrected chi connectivity index (χ0v) is 12.9. The fraction of sp³-hybridized carbons (Fsp3) is 0.111. The van der Waals surface area contributed by atoms with Crippen LogP contribution in [0.5, 0.6) is 5.75 Å². The fourth-order valence-corrected chi connectivity index (χ4v) is 1.92. The molecule has 2 amide bonds. The summed E-state index contributed by atoms with van der Waals surface area (Å²) in [5.74, 6) is -0.747. The molecule has 0 unspecified atom stereocenters. The zero-order chi connectivity index (χ0) is 17.4. The van der Waals surface area contributed by atoms with Crippen molar-refractivity contribution in [3.05, 3.63) is 72.6 Å². The van der Waals surface area contributed by atoms with Gasteiger partial charge in [0.1, 0.15) is 11.6 Å². The number of hydrogen-bond acceptors (Lipinski definition) is 3. The number of ether oxygens (including phenoxy) is 1. The molecule has 6 heteroatoms. The molecule has 2 rings (SSSR count). The number of benzene rings is 2. The molecule has 0 aliphatic heterocycles. The van der Waals surface area contributed by atoms with E-state index < -0.39 is 5.91 Å². The van der Waals surface area contributed by atoms with E-state index in [1.807, 2.05) is 0 Å². The summed E-state index contributed by atoms with van der Waals surface area (Å²) in [5, 5.41) is 5.28. The van der Waals surface area contributed by atoms with Crippen LogP contribution in [0.1, 0.15) is 10.4 Å². The predicted octanol–water partition coefficient (Wildman–Crippen LogP) is 2.76. The molecule has 0 atom stereocenters. The number of hydrogen-bond donors (Lipinski definition) is 2. The Hall–Kier alpha value is -3.15. The molecule has 0 aliphatic rings. The number of nitrogens with one attached hydrogen (secondary N) is 2. The van der Waals surface area contributed by atoms with E-state index in [0.717, 1.165) is 0 Å². The van der Waals surface area contributed by atoms with Crippen LogP contribution in [0, 0.1) is 5.82 Å². The van der Waals surface area contributed by atoms with E-state index in [-0.39, 0.29) is 18.3 Å². The summed E-state index contributed by atoms with van der Waals surface area (Å²) in [4.78, 5) is 24.0. The molecule has 0 saturated carbocycles. The smallest absolute Gasteiger partial charge is 0.262 e. The summed E-state index contributed by atoms with van der Waals surface area (Å²) in [7, 11) is 0. The van der Waals surface area contributed by atoms with Gasteiger partial charge in [0.2, 0.25) is 0 Å². The summed E-state index contributed by atoms with van der Waals surface area (Å²) >= 11 is 0. The Kier molecular flexibility index (Phi) is 6.08. The van der Waals surface area contributed by atoms with Crippen LogP contribution < -0.4 is 15.4 Å². The van der Waals surface area contributed by atoms with Gasteiger partial charge in [-0.15, -0.1) is 6.58 Å². The second-order valence-corrected chi connectivity index (χ2v) is 4.84. The van der Waals surface area contributed by atoms with Gasteiger partial charge in [0, 0.05) is 6.54 Å². The van der Waals surface area contributed by atoms with Gasteiger partial charge in [0.25, 0.3) is 11.8 Å². The zero-order valence-electron chi connectivity index (χ0n) is 12.9. The molecule has 0 radical (unpaired) electrons. The van der Waals surface area contributed by atoms with Crippen LogP contribution in [-0.2, 0) is 4.79 Å². The van der Waals surface area contributed by atoms with E-state index in [1.165, 1.54) is 24.3 Å². The van der Waals surface area contributed by atoms with Gasteiger partial charge in [0.15, 0.2) is 6.61 Å². The molecule has 24 heavy (non-hydrogen) atoms. The van der Waals surface area contributed by atoms with E-state index in [9.17, 15) is 14.0 Å². The van der Waals surface area contributed by atoms with E-state index in [4.69, 9.17) is 4.74 Å². The lowest BCUT2D eigenvalue weighted by atomic mass is 10.1. The van der Waals surface area contributed by atoms with Crippen LogP contribution in [0.2, 0.25) is 0 Å². The number of rotatable bonds is 7.